The highest BCUT2D eigenvalue weighted by atomic mass is 35.5. The summed E-state index contributed by atoms with van der Waals surface area (Å²) in [6, 6.07) is 12.7. The number of benzene rings is 1. The van der Waals surface area contributed by atoms with Crippen LogP contribution >= 0.6 is 11.6 Å². The van der Waals surface area contributed by atoms with Gasteiger partial charge in [0, 0.05) is 19.1 Å². The van der Waals surface area contributed by atoms with E-state index in [4.69, 9.17) is 11.6 Å². The molecule has 3 aromatic rings. The van der Waals surface area contributed by atoms with Crippen LogP contribution in [0.1, 0.15) is 18.4 Å². The predicted molar refractivity (Wildman–Crippen MR) is 94.2 cm³/mol. The van der Waals surface area contributed by atoms with E-state index < -0.39 is 0 Å². The first-order valence-corrected chi connectivity index (χ1v) is 8.56. The second-order valence-corrected chi connectivity index (χ2v) is 6.50. The molecule has 1 fully saturated rings. The number of fused-ring (bicyclic) bond motifs is 1. The molecule has 0 bridgehead atoms. The van der Waals surface area contributed by atoms with E-state index in [1.54, 1.807) is 10.7 Å². The summed E-state index contributed by atoms with van der Waals surface area (Å²) in [5, 5.41) is 16.3. The van der Waals surface area contributed by atoms with Gasteiger partial charge in [-0.2, -0.15) is 9.61 Å². The van der Waals surface area contributed by atoms with Crippen molar-refractivity contribution in [3.8, 4) is 0 Å². The Bertz CT molecular complexity index is 818. The highest BCUT2D eigenvalue weighted by Gasteiger charge is 2.21. The molecule has 24 heavy (non-hydrogen) atoms. The molecule has 1 saturated heterocycles. The first kappa shape index (κ1) is 15.4. The molecule has 1 aliphatic heterocycles. The lowest BCUT2D eigenvalue weighted by molar-refractivity contribution is 0.208. The molecule has 2 aromatic heterocycles. The Balaban J connectivity index is 1.46. The van der Waals surface area contributed by atoms with Crippen molar-refractivity contribution in [2.45, 2.75) is 25.4 Å². The molecule has 0 aliphatic carbocycles. The lowest BCUT2D eigenvalue weighted by Gasteiger charge is -2.33. The summed E-state index contributed by atoms with van der Waals surface area (Å²) in [5.74, 6) is 0.644. The van der Waals surface area contributed by atoms with Crippen molar-refractivity contribution in [2.75, 3.05) is 18.4 Å². The molecule has 4 rings (SSSR count). The van der Waals surface area contributed by atoms with Gasteiger partial charge in [0.25, 0.3) is 0 Å². The average Bonchev–Trinajstić information content (AvgIpc) is 3.10. The third-order valence-electron chi connectivity index (χ3n) is 4.37. The minimum atomic E-state index is 0.324. The van der Waals surface area contributed by atoms with Gasteiger partial charge in [-0.1, -0.05) is 41.9 Å². The van der Waals surface area contributed by atoms with Crippen LogP contribution in [0.15, 0.2) is 42.6 Å². The molecule has 7 heteroatoms. The van der Waals surface area contributed by atoms with Crippen molar-refractivity contribution < 1.29 is 0 Å². The van der Waals surface area contributed by atoms with E-state index in [9.17, 15) is 0 Å². The van der Waals surface area contributed by atoms with Crippen LogP contribution in [0.3, 0.4) is 0 Å². The van der Waals surface area contributed by atoms with E-state index in [0.29, 0.717) is 17.1 Å². The number of hydrogen-bond acceptors (Lipinski definition) is 5. The molecular weight excluding hydrogens is 324 g/mol. The Morgan fingerprint density at radius 3 is 2.92 bits per heavy atom. The summed E-state index contributed by atoms with van der Waals surface area (Å²) in [4.78, 5) is 2.47. The quantitative estimate of drug-likeness (QED) is 0.790. The first-order valence-electron chi connectivity index (χ1n) is 8.18. The molecule has 1 N–H and O–H groups in total. The van der Waals surface area contributed by atoms with Crippen LogP contribution in [0, 0.1) is 0 Å². The van der Waals surface area contributed by atoms with E-state index in [-0.39, 0.29) is 0 Å². The maximum Gasteiger partial charge on any atom is 0.244 e. The summed E-state index contributed by atoms with van der Waals surface area (Å²) < 4.78 is 1.71. The van der Waals surface area contributed by atoms with Crippen molar-refractivity contribution in [2.24, 2.45) is 0 Å². The van der Waals surface area contributed by atoms with Crippen molar-refractivity contribution in [1.29, 1.82) is 0 Å². The number of aromatic nitrogens is 4. The molecule has 1 aliphatic rings. The number of hydrogen-bond donors (Lipinski definition) is 1. The molecule has 6 nitrogen and oxygen atoms in total. The SMILES string of the molecule is Clc1nnc(N[C@@H]2CCCN(Cc3ccccc3)C2)n2nccc12. The highest BCUT2D eigenvalue weighted by molar-refractivity contribution is 6.32. The fourth-order valence-corrected chi connectivity index (χ4v) is 3.43. The summed E-state index contributed by atoms with van der Waals surface area (Å²) in [6.07, 6.45) is 3.98. The van der Waals surface area contributed by atoms with Crippen LogP contribution < -0.4 is 5.32 Å². The van der Waals surface area contributed by atoms with E-state index >= 15 is 0 Å². The second kappa shape index (κ2) is 6.75. The fourth-order valence-electron chi connectivity index (χ4n) is 3.24. The third kappa shape index (κ3) is 3.20. The Morgan fingerprint density at radius 1 is 1.17 bits per heavy atom. The van der Waals surface area contributed by atoms with Gasteiger partial charge in [-0.05, 0) is 31.0 Å². The molecule has 124 valence electrons. The third-order valence-corrected chi connectivity index (χ3v) is 4.64. The van der Waals surface area contributed by atoms with E-state index in [2.05, 4.69) is 55.8 Å². The smallest absolute Gasteiger partial charge is 0.244 e. The minimum absolute atomic E-state index is 0.324. The normalized spacial score (nSPS) is 18.8. The van der Waals surface area contributed by atoms with Crippen LogP contribution in [-0.4, -0.2) is 43.8 Å². The number of likely N-dealkylation sites (tertiary alicyclic amines) is 1. The van der Waals surface area contributed by atoms with Gasteiger partial charge in [-0.3, -0.25) is 4.90 Å². The van der Waals surface area contributed by atoms with Crippen LogP contribution in [0.2, 0.25) is 5.15 Å². The zero-order valence-electron chi connectivity index (χ0n) is 13.3. The van der Waals surface area contributed by atoms with Gasteiger partial charge >= 0.3 is 0 Å². The van der Waals surface area contributed by atoms with Gasteiger partial charge in [-0.25, -0.2) is 0 Å². The molecule has 3 heterocycles. The molecule has 1 atom stereocenters. The zero-order chi connectivity index (χ0) is 16.4. The van der Waals surface area contributed by atoms with Gasteiger partial charge in [0.2, 0.25) is 5.95 Å². The fraction of sp³-hybridized carbons (Fsp3) is 0.353. The van der Waals surface area contributed by atoms with Crippen molar-refractivity contribution in [3.05, 3.63) is 53.3 Å². The molecular formula is C17H19ClN6. The Hall–Kier alpha value is -2.18. The van der Waals surface area contributed by atoms with Gasteiger partial charge in [0.05, 0.1) is 6.20 Å². The summed E-state index contributed by atoms with van der Waals surface area (Å²) in [6.45, 7) is 3.07. The average molecular weight is 343 g/mol. The van der Waals surface area contributed by atoms with Gasteiger partial charge < -0.3 is 5.32 Å². The van der Waals surface area contributed by atoms with Gasteiger partial charge in [0.1, 0.15) is 5.52 Å². The molecule has 0 saturated carbocycles. The van der Waals surface area contributed by atoms with Crippen LogP contribution in [-0.2, 0) is 6.54 Å². The Kier molecular flexibility index (Phi) is 4.32. The molecule has 1 aromatic carbocycles. The number of piperidine rings is 1. The molecule has 0 radical (unpaired) electrons. The predicted octanol–water partition coefficient (Wildman–Crippen LogP) is 2.85. The van der Waals surface area contributed by atoms with Crippen LogP contribution in [0.5, 0.6) is 0 Å². The minimum Gasteiger partial charge on any atom is -0.349 e. The maximum atomic E-state index is 6.06. The lowest BCUT2D eigenvalue weighted by Crippen LogP contribution is -2.42. The van der Waals surface area contributed by atoms with Crippen molar-refractivity contribution in [3.63, 3.8) is 0 Å². The van der Waals surface area contributed by atoms with Crippen molar-refractivity contribution in [1.82, 2.24) is 24.7 Å². The topological polar surface area (TPSA) is 58.4 Å². The summed E-state index contributed by atoms with van der Waals surface area (Å²) in [7, 11) is 0. The zero-order valence-corrected chi connectivity index (χ0v) is 14.0. The first-order chi connectivity index (χ1) is 11.8. The summed E-state index contributed by atoms with van der Waals surface area (Å²) in [5.41, 5.74) is 2.12. The highest BCUT2D eigenvalue weighted by Crippen LogP contribution is 2.19. The number of nitrogens with one attached hydrogen (secondary N) is 1. The van der Waals surface area contributed by atoms with Crippen LogP contribution in [0.4, 0.5) is 5.95 Å². The largest absolute Gasteiger partial charge is 0.349 e. The lowest BCUT2D eigenvalue weighted by atomic mass is 10.0. The number of nitrogens with zero attached hydrogens (tertiary/aromatic N) is 5. The molecule has 0 unspecified atom stereocenters. The van der Waals surface area contributed by atoms with E-state index in [1.807, 2.05) is 6.07 Å². The van der Waals surface area contributed by atoms with Crippen molar-refractivity contribution >= 4 is 23.1 Å². The monoisotopic (exact) mass is 342 g/mol. The number of rotatable bonds is 4. The molecule has 0 amide bonds. The second-order valence-electron chi connectivity index (χ2n) is 6.15. The Labute approximate surface area is 145 Å². The molecule has 0 spiro atoms. The number of halogens is 1. The van der Waals surface area contributed by atoms with E-state index in [0.717, 1.165) is 38.0 Å². The van der Waals surface area contributed by atoms with Crippen LogP contribution in [0.25, 0.3) is 5.52 Å². The van der Waals surface area contributed by atoms with Gasteiger partial charge in [0.15, 0.2) is 5.15 Å². The van der Waals surface area contributed by atoms with E-state index in [1.165, 1.54) is 5.56 Å². The standard InChI is InChI=1S/C17H19ClN6/c18-16-15-8-9-19-24(15)17(22-21-16)20-14-7-4-10-23(12-14)11-13-5-2-1-3-6-13/h1-3,5-6,8-9,14H,4,7,10-12H2,(H,20,22)/t14-/m1/s1. The van der Waals surface area contributed by atoms with Gasteiger partial charge in [-0.15, -0.1) is 10.2 Å². The summed E-state index contributed by atoms with van der Waals surface area (Å²) >= 11 is 6.06. The maximum absolute atomic E-state index is 6.06. The Morgan fingerprint density at radius 2 is 2.04 bits per heavy atom. The number of anilines is 1.